The highest BCUT2D eigenvalue weighted by Gasteiger charge is 2.31. The number of nitriles is 1. The summed E-state index contributed by atoms with van der Waals surface area (Å²) in [5.41, 5.74) is 1.83. The number of fused-ring (bicyclic) bond motifs is 1. The van der Waals surface area contributed by atoms with Crippen LogP contribution in [0.1, 0.15) is 47.5 Å². The van der Waals surface area contributed by atoms with Crippen LogP contribution in [-0.2, 0) is 0 Å². The number of hydrogen-bond donors (Lipinski definition) is 1. The summed E-state index contributed by atoms with van der Waals surface area (Å²) in [5.74, 6) is 1.64. The predicted octanol–water partition coefficient (Wildman–Crippen LogP) is 5.08. The van der Waals surface area contributed by atoms with Crippen LogP contribution in [0.25, 0.3) is 11.0 Å². The third kappa shape index (κ3) is 5.72. The molecule has 1 fully saturated rings. The highest BCUT2D eigenvalue weighted by atomic mass is 15.3. The van der Waals surface area contributed by atoms with E-state index in [1.807, 2.05) is 40.1 Å². The van der Waals surface area contributed by atoms with Crippen molar-refractivity contribution in [1.82, 2.24) is 19.8 Å². The summed E-state index contributed by atoms with van der Waals surface area (Å²) >= 11 is 0. The predicted molar refractivity (Wildman–Crippen MR) is 131 cm³/mol. The second-order valence-corrected chi connectivity index (χ2v) is 9.04. The van der Waals surface area contributed by atoms with Gasteiger partial charge in [0.2, 0.25) is 0 Å². The molecule has 1 saturated heterocycles. The topological polar surface area (TPSA) is 62.2 Å². The van der Waals surface area contributed by atoms with E-state index < -0.39 is 0 Å². The van der Waals surface area contributed by atoms with Gasteiger partial charge in [-0.15, -0.1) is 0 Å². The van der Waals surface area contributed by atoms with E-state index in [0.717, 1.165) is 49.3 Å². The monoisotopic (exact) mass is 424 g/mol. The van der Waals surface area contributed by atoms with Crippen molar-refractivity contribution in [3.63, 3.8) is 0 Å². The van der Waals surface area contributed by atoms with Crippen LogP contribution in [0.3, 0.4) is 0 Å². The molecule has 2 aromatic heterocycles. The van der Waals surface area contributed by atoms with E-state index in [9.17, 15) is 5.26 Å². The second-order valence-electron chi connectivity index (χ2n) is 9.04. The Balaban J connectivity index is 0.00000166. The Morgan fingerprint density at radius 1 is 1.35 bits per heavy atom. The van der Waals surface area contributed by atoms with Gasteiger partial charge in [0, 0.05) is 63.2 Å². The van der Waals surface area contributed by atoms with Crippen molar-refractivity contribution in [2.45, 2.75) is 53.5 Å². The minimum atomic E-state index is -0.309. The maximum atomic E-state index is 9.27. The minimum absolute atomic E-state index is 0.309. The largest absolute Gasteiger partial charge is 0.369 e. The molecule has 2 aromatic rings. The van der Waals surface area contributed by atoms with Crippen molar-refractivity contribution < 1.29 is 0 Å². The van der Waals surface area contributed by atoms with Gasteiger partial charge in [0.15, 0.2) is 0 Å². The lowest BCUT2D eigenvalue weighted by atomic mass is 9.91. The molecule has 3 heterocycles. The van der Waals surface area contributed by atoms with Gasteiger partial charge >= 0.3 is 0 Å². The fraction of sp³-hybridized carbons (Fsp3) is 0.600. The number of anilines is 1. The van der Waals surface area contributed by atoms with E-state index in [0.29, 0.717) is 12.0 Å². The van der Waals surface area contributed by atoms with E-state index in [1.165, 1.54) is 5.69 Å². The molecule has 0 aliphatic carbocycles. The van der Waals surface area contributed by atoms with Crippen LogP contribution in [0.2, 0.25) is 0 Å². The zero-order chi connectivity index (χ0) is 23.2. The summed E-state index contributed by atoms with van der Waals surface area (Å²) in [7, 11) is 4.27. The number of aromatic nitrogens is 2. The molecular formula is C25H40N6. The average Bonchev–Trinajstić information content (AvgIpc) is 3.27. The number of likely N-dealkylation sites (N-methyl/N-ethyl adjacent to an activating group) is 1. The van der Waals surface area contributed by atoms with Crippen LogP contribution in [-0.4, -0.2) is 59.5 Å². The zero-order valence-corrected chi connectivity index (χ0v) is 20.4. The molecule has 3 rings (SSSR count). The SMILES string of the molecule is C=C(N(C)CCC(C)(C)C#N)N1CC[C@@H](C)[C@@H](N(C)c2ccnc3[nH]ccc23)C1.CC. The second kappa shape index (κ2) is 10.6. The summed E-state index contributed by atoms with van der Waals surface area (Å²) in [4.78, 5) is 14.6. The summed E-state index contributed by atoms with van der Waals surface area (Å²) in [6, 6.07) is 6.99. The van der Waals surface area contributed by atoms with Gasteiger partial charge in [-0.2, -0.15) is 5.26 Å². The Kier molecular flexibility index (Phi) is 8.38. The van der Waals surface area contributed by atoms with Crippen LogP contribution in [0.5, 0.6) is 0 Å². The highest BCUT2D eigenvalue weighted by molar-refractivity contribution is 5.89. The third-order valence-electron chi connectivity index (χ3n) is 6.41. The Labute approximate surface area is 188 Å². The van der Waals surface area contributed by atoms with Gasteiger partial charge in [-0.05, 0) is 44.7 Å². The van der Waals surface area contributed by atoms with Gasteiger partial charge < -0.3 is 19.7 Å². The van der Waals surface area contributed by atoms with Gasteiger partial charge in [-0.3, -0.25) is 0 Å². The van der Waals surface area contributed by atoms with Crippen LogP contribution in [0.4, 0.5) is 5.69 Å². The fourth-order valence-corrected chi connectivity index (χ4v) is 4.09. The van der Waals surface area contributed by atoms with E-state index in [4.69, 9.17) is 0 Å². The van der Waals surface area contributed by atoms with Crippen LogP contribution in [0.15, 0.2) is 36.9 Å². The smallest absolute Gasteiger partial charge is 0.139 e. The van der Waals surface area contributed by atoms with Crippen molar-refractivity contribution in [3.8, 4) is 6.07 Å². The fourth-order valence-electron chi connectivity index (χ4n) is 4.09. The Morgan fingerprint density at radius 3 is 2.74 bits per heavy atom. The van der Waals surface area contributed by atoms with Gasteiger partial charge in [0.1, 0.15) is 5.65 Å². The first-order valence-corrected chi connectivity index (χ1v) is 11.4. The Morgan fingerprint density at radius 2 is 2.06 bits per heavy atom. The molecule has 0 amide bonds. The standard InChI is InChI=1S/C23H34N6.C2H6/c1-17-9-13-29(18(2)27(5)14-10-23(3,4)16-24)15-21(17)28(6)20-8-12-26-22-19(20)7-11-25-22;1-2/h7-8,11-12,17,21H,2,9-10,13-15H2,1,3-6H3,(H,25,26);1-2H3/t17-,21+;/m1./s1. The number of pyridine rings is 1. The first kappa shape index (κ1) is 24.6. The van der Waals surface area contributed by atoms with E-state index in [-0.39, 0.29) is 5.41 Å². The minimum Gasteiger partial charge on any atom is -0.369 e. The molecule has 1 aliphatic rings. The summed E-state index contributed by atoms with van der Waals surface area (Å²) in [6.45, 7) is 17.5. The first-order chi connectivity index (χ1) is 14.7. The molecule has 1 N–H and O–H groups in total. The molecule has 170 valence electrons. The molecule has 0 spiro atoms. The van der Waals surface area contributed by atoms with E-state index >= 15 is 0 Å². The molecule has 0 saturated carbocycles. The number of rotatable bonds is 7. The Hall–Kier alpha value is -2.68. The number of nitrogens with zero attached hydrogens (tertiary/aromatic N) is 5. The van der Waals surface area contributed by atoms with Crippen molar-refractivity contribution >= 4 is 16.7 Å². The number of nitrogens with one attached hydrogen (secondary N) is 1. The number of H-pyrrole nitrogens is 1. The van der Waals surface area contributed by atoms with Crippen molar-refractivity contribution in [1.29, 1.82) is 5.26 Å². The average molecular weight is 425 g/mol. The lowest BCUT2D eigenvalue weighted by Gasteiger charge is -2.45. The first-order valence-electron chi connectivity index (χ1n) is 11.4. The number of likely N-dealkylation sites (tertiary alicyclic amines) is 1. The zero-order valence-electron chi connectivity index (χ0n) is 20.4. The number of aromatic amines is 1. The summed E-state index contributed by atoms with van der Waals surface area (Å²) in [6.07, 6.45) is 5.78. The van der Waals surface area contributed by atoms with Crippen molar-refractivity contribution in [3.05, 3.63) is 36.9 Å². The molecule has 0 radical (unpaired) electrons. The van der Waals surface area contributed by atoms with Crippen LogP contribution < -0.4 is 4.90 Å². The van der Waals surface area contributed by atoms with Crippen molar-refractivity contribution in [2.75, 3.05) is 38.6 Å². The Bertz CT molecular complexity index is 893. The van der Waals surface area contributed by atoms with Crippen LogP contribution >= 0.6 is 0 Å². The van der Waals surface area contributed by atoms with Gasteiger partial charge in [0.25, 0.3) is 0 Å². The van der Waals surface area contributed by atoms with E-state index in [2.05, 4.69) is 70.5 Å². The molecule has 31 heavy (non-hydrogen) atoms. The summed E-state index contributed by atoms with van der Waals surface area (Å²) in [5, 5.41) is 10.4. The maximum absolute atomic E-state index is 9.27. The van der Waals surface area contributed by atoms with Gasteiger partial charge in [-0.25, -0.2) is 4.98 Å². The lowest BCUT2D eigenvalue weighted by Crippen LogP contribution is -2.52. The van der Waals surface area contributed by atoms with Gasteiger partial charge in [-0.1, -0.05) is 27.4 Å². The molecule has 0 bridgehead atoms. The molecule has 1 aliphatic heterocycles. The summed E-state index contributed by atoms with van der Waals surface area (Å²) < 4.78 is 0. The quantitative estimate of drug-likeness (QED) is 0.672. The number of hydrogen-bond acceptors (Lipinski definition) is 5. The maximum Gasteiger partial charge on any atom is 0.139 e. The molecule has 6 nitrogen and oxygen atoms in total. The molecule has 0 unspecified atom stereocenters. The van der Waals surface area contributed by atoms with Gasteiger partial charge in [0.05, 0.1) is 17.3 Å². The number of piperidine rings is 1. The normalized spacial score (nSPS) is 18.7. The molecule has 2 atom stereocenters. The third-order valence-corrected chi connectivity index (χ3v) is 6.41. The molecule has 0 aromatic carbocycles. The highest BCUT2D eigenvalue weighted by Crippen LogP contribution is 2.31. The molecule has 6 heteroatoms. The lowest BCUT2D eigenvalue weighted by molar-refractivity contribution is 0.154. The van der Waals surface area contributed by atoms with Crippen molar-refractivity contribution in [2.24, 2.45) is 11.3 Å². The molecular weight excluding hydrogens is 384 g/mol. The van der Waals surface area contributed by atoms with E-state index in [1.54, 1.807) is 0 Å². The van der Waals surface area contributed by atoms with Crippen LogP contribution in [0, 0.1) is 22.7 Å².